The van der Waals surface area contributed by atoms with Gasteiger partial charge in [-0.25, -0.2) is 8.78 Å². The Bertz CT molecular complexity index is 1060. The molecule has 0 radical (unpaired) electrons. The Labute approximate surface area is 220 Å². The van der Waals surface area contributed by atoms with Crippen LogP contribution >= 0.6 is 0 Å². The summed E-state index contributed by atoms with van der Waals surface area (Å²) >= 11 is 0. The molecule has 1 unspecified atom stereocenters. The van der Waals surface area contributed by atoms with Crippen LogP contribution in [0.25, 0.3) is 0 Å². The molecule has 6 nitrogen and oxygen atoms in total. The summed E-state index contributed by atoms with van der Waals surface area (Å²) in [5.74, 6) is -2.76. The van der Waals surface area contributed by atoms with Crippen molar-refractivity contribution in [3.05, 3.63) is 77.2 Å². The molecule has 0 aliphatic carbocycles. The van der Waals surface area contributed by atoms with Crippen molar-refractivity contribution < 1.29 is 71.0 Å². The van der Waals surface area contributed by atoms with Gasteiger partial charge < -0.3 is 24.4 Å². The van der Waals surface area contributed by atoms with Gasteiger partial charge in [0.25, 0.3) is 0 Å². The fourth-order valence-electron chi connectivity index (χ4n) is 3.54. The van der Waals surface area contributed by atoms with Crippen molar-refractivity contribution in [3.8, 4) is 5.75 Å². The van der Waals surface area contributed by atoms with Crippen LogP contribution in [0.15, 0.2) is 65.5 Å². The monoisotopic (exact) mass is 506 g/mol. The molecule has 0 spiro atoms. The number of carboxylic acid groups (broad SMARTS) is 1. The van der Waals surface area contributed by atoms with Gasteiger partial charge >= 0.3 is 35.9 Å². The van der Waals surface area contributed by atoms with E-state index in [-0.39, 0.29) is 66.1 Å². The molecule has 3 rings (SSSR count). The topological polar surface area (TPSA) is 74.2 Å². The summed E-state index contributed by atoms with van der Waals surface area (Å²) in [6.45, 7) is -1.01. The smallest absolute Gasteiger partial charge is 0.545 e. The van der Waals surface area contributed by atoms with Gasteiger partial charge in [-0.1, -0.05) is 29.4 Å². The Hall–Kier alpha value is -2.63. The number of carboxylic acids is 1. The zero-order chi connectivity index (χ0) is 24.7. The molecule has 1 atom stereocenters. The number of rotatable bonds is 10. The third-order valence-corrected chi connectivity index (χ3v) is 4.94. The van der Waals surface area contributed by atoms with Crippen molar-refractivity contribution in [1.29, 1.82) is 0 Å². The summed E-state index contributed by atoms with van der Waals surface area (Å²) in [5.41, 5.74) is 1.09. The van der Waals surface area contributed by atoms with Crippen LogP contribution in [0.5, 0.6) is 5.75 Å². The number of oxime groups is 1. The first-order valence-corrected chi connectivity index (χ1v) is 10.2. The maximum absolute atomic E-state index is 13.2. The summed E-state index contributed by atoms with van der Waals surface area (Å²) < 4.78 is 67.4. The summed E-state index contributed by atoms with van der Waals surface area (Å²) in [6.07, 6.45) is -3.23. The SMILES string of the molecule is O=C([O-])C1=CN(C/C(=N\OCCF)c2cccc(OC(F)(F)F)c2)CC1Cc1ccc(F)cc1.[Na+]. The molecule has 12 heteroatoms. The van der Waals surface area contributed by atoms with E-state index in [1.165, 1.54) is 30.5 Å². The third-order valence-electron chi connectivity index (χ3n) is 4.94. The third kappa shape index (κ3) is 8.83. The van der Waals surface area contributed by atoms with Gasteiger partial charge in [-0.3, -0.25) is 0 Å². The summed E-state index contributed by atoms with van der Waals surface area (Å²) in [7, 11) is 0. The summed E-state index contributed by atoms with van der Waals surface area (Å²) in [6, 6.07) is 10.6. The minimum absolute atomic E-state index is 0. The fourth-order valence-corrected chi connectivity index (χ4v) is 3.54. The van der Waals surface area contributed by atoms with Crippen LogP contribution in [-0.4, -0.2) is 49.3 Å². The molecule has 0 saturated heterocycles. The van der Waals surface area contributed by atoms with Crippen molar-refractivity contribution in [1.82, 2.24) is 4.90 Å². The Morgan fingerprint density at radius 2 is 1.89 bits per heavy atom. The number of nitrogens with zero attached hydrogens (tertiary/aromatic N) is 2. The number of aliphatic carboxylic acids is 1. The molecule has 0 fully saturated rings. The van der Waals surface area contributed by atoms with E-state index >= 15 is 0 Å². The van der Waals surface area contributed by atoms with E-state index in [0.717, 1.165) is 17.7 Å². The van der Waals surface area contributed by atoms with Gasteiger partial charge in [0.05, 0.1) is 12.5 Å². The first-order chi connectivity index (χ1) is 16.1. The summed E-state index contributed by atoms with van der Waals surface area (Å²) in [4.78, 5) is 18.1. The largest absolute Gasteiger partial charge is 1.00 e. The number of hydrogen-bond acceptors (Lipinski definition) is 6. The maximum atomic E-state index is 13.2. The zero-order valence-electron chi connectivity index (χ0n) is 18.7. The molecule has 35 heavy (non-hydrogen) atoms. The van der Waals surface area contributed by atoms with E-state index in [9.17, 15) is 31.9 Å². The summed E-state index contributed by atoms with van der Waals surface area (Å²) in [5, 5.41) is 15.5. The molecule has 0 saturated carbocycles. The van der Waals surface area contributed by atoms with Gasteiger partial charge in [0, 0.05) is 24.2 Å². The molecule has 1 aliphatic heterocycles. The number of benzene rings is 2. The van der Waals surface area contributed by atoms with Crippen molar-refractivity contribution >= 4 is 11.7 Å². The van der Waals surface area contributed by atoms with Crippen LogP contribution in [0.2, 0.25) is 0 Å². The van der Waals surface area contributed by atoms with Crippen molar-refractivity contribution in [2.45, 2.75) is 12.8 Å². The van der Waals surface area contributed by atoms with Crippen LogP contribution in [-0.2, 0) is 16.1 Å². The first kappa shape index (κ1) is 28.6. The Kier molecular flexibility index (Phi) is 10.5. The van der Waals surface area contributed by atoms with Gasteiger partial charge in [0.2, 0.25) is 0 Å². The molecule has 0 N–H and O–H groups in total. The molecule has 1 aliphatic rings. The van der Waals surface area contributed by atoms with Crippen LogP contribution in [0.4, 0.5) is 22.0 Å². The molecular formula is C23H20F5N2NaO4. The van der Waals surface area contributed by atoms with Gasteiger partial charge in [-0.05, 0) is 41.8 Å². The van der Waals surface area contributed by atoms with Crippen molar-refractivity contribution in [2.24, 2.45) is 11.1 Å². The second-order valence-electron chi connectivity index (χ2n) is 7.46. The van der Waals surface area contributed by atoms with Gasteiger partial charge in [0.15, 0.2) is 0 Å². The predicted octanol–water partition coefficient (Wildman–Crippen LogP) is 0.227. The molecular weight excluding hydrogens is 486 g/mol. The Balaban J connectivity index is 0.00000432. The standard InChI is InChI=1S/C23H21F5N2O4.Na/c24-8-9-33-29-21(16-2-1-3-19(11-16)34-23(26,27)28)14-30-12-17(20(13-30)22(31)32)10-15-4-6-18(25)7-5-15;/h1-7,11,13,17H,8-10,12,14H2,(H,31,32);/q;+1/p-1/b29-21+;. The molecule has 0 amide bonds. The second kappa shape index (κ2) is 12.9. The minimum atomic E-state index is -4.89. The van der Waals surface area contributed by atoms with E-state index in [1.807, 2.05) is 0 Å². The van der Waals surface area contributed by atoms with Gasteiger partial charge in [-0.15, -0.1) is 13.2 Å². The molecule has 1 heterocycles. The number of halogens is 5. The number of carbonyl (C=O) groups is 1. The van der Waals surface area contributed by atoms with Gasteiger partial charge in [0.1, 0.15) is 30.6 Å². The maximum Gasteiger partial charge on any atom is 1.00 e. The van der Waals surface area contributed by atoms with E-state index in [0.29, 0.717) is 6.42 Å². The molecule has 2 aromatic carbocycles. The first-order valence-electron chi connectivity index (χ1n) is 10.2. The van der Waals surface area contributed by atoms with Crippen molar-refractivity contribution in [3.63, 3.8) is 0 Å². The molecule has 2 aromatic rings. The number of carbonyl (C=O) groups excluding carboxylic acids is 1. The number of ether oxygens (including phenoxy) is 1. The van der Waals surface area contributed by atoms with E-state index < -0.39 is 36.5 Å². The normalized spacial score (nSPS) is 15.9. The van der Waals surface area contributed by atoms with Crippen LogP contribution in [0.1, 0.15) is 11.1 Å². The van der Waals surface area contributed by atoms with Crippen LogP contribution in [0.3, 0.4) is 0 Å². The Morgan fingerprint density at radius 3 is 2.51 bits per heavy atom. The minimum Gasteiger partial charge on any atom is -0.545 e. The van der Waals surface area contributed by atoms with E-state index in [4.69, 9.17) is 4.84 Å². The predicted molar refractivity (Wildman–Crippen MR) is 110 cm³/mol. The number of alkyl halides is 4. The zero-order valence-corrected chi connectivity index (χ0v) is 20.7. The molecule has 182 valence electrons. The fraction of sp³-hybridized carbons (Fsp3) is 0.304. The molecule has 0 bridgehead atoms. The molecule has 0 aromatic heterocycles. The van der Waals surface area contributed by atoms with Crippen LogP contribution in [0, 0.1) is 11.7 Å². The quantitative estimate of drug-likeness (QED) is 0.152. The van der Waals surface area contributed by atoms with Crippen molar-refractivity contribution in [2.75, 3.05) is 26.4 Å². The van der Waals surface area contributed by atoms with Gasteiger partial charge in [-0.2, -0.15) is 0 Å². The second-order valence-corrected chi connectivity index (χ2v) is 7.46. The average molecular weight is 506 g/mol. The van der Waals surface area contributed by atoms with Crippen LogP contribution < -0.4 is 39.4 Å². The number of hydrogen-bond donors (Lipinski definition) is 0. The Morgan fingerprint density at radius 1 is 1.17 bits per heavy atom. The van der Waals surface area contributed by atoms with E-state index in [1.54, 1.807) is 17.0 Å². The van der Waals surface area contributed by atoms with E-state index in [2.05, 4.69) is 9.89 Å². The average Bonchev–Trinajstić information content (AvgIpc) is 3.16.